The van der Waals surface area contributed by atoms with Crippen LogP contribution in [0.1, 0.15) is 36.7 Å². The Balaban J connectivity index is 2.14. The second-order valence-corrected chi connectivity index (χ2v) is 5.67. The number of carbonyl (C=O) groups is 1. The molecular weight excluding hydrogens is 316 g/mol. The molecule has 2 aromatic rings. The number of hydrogen-bond donors (Lipinski definition) is 2. The minimum atomic E-state index is -0.522. The molecule has 0 aliphatic heterocycles. The van der Waals surface area contributed by atoms with Crippen molar-refractivity contribution in [3.63, 3.8) is 0 Å². The normalized spacial score (nSPS) is 11.0. The zero-order valence-electron chi connectivity index (χ0n) is 14.7. The van der Waals surface area contributed by atoms with Crippen LogP contribution in [0.5, 0.6) is 0 Å². The molecule has 2 heterocycles. The van der Waals surface area contributed by atoms with E-state index in [1.165, 1.54) is 18.6 Å². The average Bonchev–Trinajstić information content (AvgIpc) is 2.89. The van der Waals surface area contributed by atoms with E-state index >= 15 is 0 Å². The van der Waals surface area contributed by atoms with Crippen LogP contribution in [-0.2, 0) is 11.3 Å². The number of rotatable bonds is 7. The maximum atomic E-state index is 12.2. The molecule has 7 heteroatoms. The molecule has 25 heavy (non-hydrogen) atoms. The highest BCUT2D eigenvalue weighted by molar-refractivity contribution is 6.02. The lowest BCUT2D eigenvalue weighted by Crippen LogP contribution is -2.30. The summed E-state index contributed by atoms with van der Waals surface area (Å²) in [6.07, 6.45) is 8.31. The van der Waals surface area contributed by atoms with Gasteiger partial charge in [-0.25, -0.2) is 4.98 Å². The zero-order chi connectivity index (χ0) is 18.2. The minimum Gasteiger partial charge on any atom is -0.349 e. The molecule has 7 nitrogen and oxygen atoms in total. The zero-order valence-corrected chi connectivity index (χ0v) is 14.7. The van der Waals surface area contributed by atoms with Gasteiger partial charge in [-0.05, 0) is 38.0 Å². The van der Waals surface area contributed by atoms with Gasteiger partial charge in [-0.3, -0.25) is 20.6 Å². The second-order valence-electron chi connectivity index (χ2n) is 5.67. The van der Waals surface area contributed by atoms with Crippen molar-refractivity contribution in [2.24, 2.45) is 0 Å². The lowest BCUT2D eigenvalue weighted by atomic mass is 10.1. The molecule has 2 rings (SSSR count). The van der Waals surface area contributed by atoms with Crippen molar-refractivity contribution in [1.29, 1.82) is 5.26 Å². The Morgan fingerprint density at radius 1 is 1.40 bits per heavy atom. The molecule has 0 radical (unpaired) electrons. The monoisotopic (exact) mass is 338 g/mol. The van der Waals surface area contributed by atoms with E-state index in [1.807, 2.05) is 26.0 Å². The van der Waals surface area contributed by atoms with Crippen molar-refractivity contribution in [3.8, 4) is 6.07 Å². The molecule has 0 aliphatic carbocycles. The molecular formula is C18H22N6O. The van der Waals surface area contributed by atoms with Crippen LogP contribution >= 0.6 is 0 Å². The second kappa shape index (κ2) is 8.64. The number of amides is 1. The van der Waals surface area contributed by atoms with Gasteiger partial charge in [0.15, 0.2) is 5.82 Å². The number of aromatic nitrogens is 3. The molecule has 1 amide bonds. The van der Waals surface area contributed by atoms with Gasteiger partial charge in [0.05, 0.1) is 6.20 Å². The summed E-state index contributed by atoms with van der Waals surface area (Å²) in [5.74, 6) is -0.127. The van der Waals surface area contributed by atoms with Gasteiger partial charge < -0.3 is 4.57 Å². The first kappa shape index (κ1) is 18.2. The van der Waals surface area contributed by atoms with Gasteiger partial charge in [-0.2, -0.15) is 5.26 Å². The quantitative estimate of drug-likeness (QED) is 0.460. The summed E-state index contributed by atoms with van der Waals surface area (Å²) in [5.41, 5.74) is 8.15. The lowest BCUT2D eigenvalue weighted by molar-refractivity contribution is -0.116. The van der Waals surface area contributed by atoms with E-state index in [2.05, 4.69) is 32.3 Å². The molecule has 0 aromatic carbocycles. The van der Waals surface area contributed by atoms with Gasteiger partial charge in [0.25, 0.3) is 5.91 Å². The predicted molar refractivity (Wildman–Crippen MR) is 96.2 cm³/mol. The number of nitrogens with one attached hydrogen (secondary N) is 2. The summed E-state index contributed by atoms with van der Waals surface area (Å²) in [5, 5.41) is 9.32. The number of unbranched alkanes of at least 4 members (excludes halogenated alkanes) is 1. The molecule has 0 atom stereocenters. The van der Waals surface area contributed by atoms with Gasteiger partial charge in [0.2, 0.25) is 0 Å². The fraction of sp³-hybridized carbons (Fsp3) is 0.333. The Bertz CT molecular complexity index is 801. The third-order valence-electron chi connectivity index (χ3n) is 3.88. The summed E-state index contributed by atoms with van der Waals surface area (Å²) < 4.78 is 2.21. The summed E-state index contributed by atoms with van der Waals surface area (Å²) in [6.45, 7) is 7.11. The number of hydrogen-bond acceptors (Lipinski definition) is 5. The standard InChI is InChI=1S/C18H22N6O/c1-4-5-8-24-13(2)9-15(14(24)3)10-16(11-19)18(25)23-22-17-12-20-6-7-21-17/h6-7,9-10,12H,4-5,8H2,1-3H3,(H,21,22)(H,23,25)/b16-10+. The van der Waals surface area contributed by atoms with Crippen LogP contribution in [0.25, 0.3) is 6.08 Å². The average molecular weight is 338 g/mol. The van der Waals surface area contributed by atoms with Gasteiger partial charge in [0, 0.05) is 30.3 Å². The molecule has 0 saturated carbocycles. The fourth-order valence-electron chi connectivity index (χ4n) is 2.49. The highest BCUT2D eigenvalue weighted by Gasteiger charge is 2.12. The van der Waals surface area contributed by atoms with E-state index in [1.54, 1.807) is 6.08 Å². The molecule has 0 spiro atoms. The van der Waals surface area contributed by atoms with Crippen molar-refractivity contribution in [1.82, 2.24) is 20.0 Å². The van der Waals surface area contributed by atoms with Gasteiger partial charge >= 0.3 is 0 Å². The maximum absolute atomic E-state index is 12.2. The first-order valence-electron chi connectivity index (χ1n) is 8.17. The van der Waals surface area contributed by atoms with Crippen LogP contribution in [0.3, 0.4) is 0 Å². The van der Waals surface area contributed by atoms with Crippen LogP contribution in [0.2, 0.25) is 0 Å². The van der Waals surface area contributed by atoms with Crippen LogP contribution in [-0.4, -0.2) is 20.4 Å². The number of nitrogens with zero attached hydrogens (tertiary/aromatic N) is 4. The maximum Gasteiger partial charge on any atom is 0.280 e. The Morgan fingerprint density at radius 3 is 2.84 bits per heavy atom. The minimum absolute atomic E-state index is 0.0205. The van der Waals surface area contributed by atoms with Crippen LogP contribution in [0, 0.1) is 25.2 Å². The SMILES string of the molecule is CCCCn1c(C)cc(/C=C(\C#N)C(=O)NNc2cnccn2)c1C. The smallest absolute Gasteiger partial charge is 0.280 e. The molecule has 0 unspecified atom stereocenters. The van der Waals surface area contributed by atoms with Crippen molar-refractivity contribution >= 4 is 17.8 Å². The van der Waals surface area contributed by atoms with Crippen molar-refractivity contribution in [3.05, 3.63) is 47.2 Å². The molecule has 0 fully saturated rings. The van der Waals surface area contributed by atoms with Crippen LogP contribution in [0.4, 0.5) is 5.82 Å². The van der Waals surface area contributed by atoms with E-state index in [-0.39, 0.29) is 5.57 Å². The van der Waals surface area contributed by atoms with Gasteiger partial charge in [-0.15, -0.1) is 0 Å². The Labute approximate surface area is 147 Å². The van der Waals surface area contributed by atoms with E-state index in [0.717, 1.165) is 36.3 Å². The van der Waals surface area contributed by atoms with Gasteiger partial charge in [-0.1, -0.05) is 13.3 Å². The number of anilines is 1. The highest BCUT2D eigenvalue weighted by Crippen LogP contribution is 2.19. The highest BCUT2D eigenvalue weighted by atomic mass is 16.2. The molecule has 0 saturated heterocycles. The Morgan fingerprint density at radius 2 is 2.20 bits per heavy atom. The topological polar surface area (TPSA) is 95.6 Å². The lowest BCUT2D eigenvalue weighted by Gasteiger charge is -2.08. The fourth-order valence-corrected chi connectivity index (χ4v) is 2.49. The van der Waals surface area contributed by atoms with E-state index in [9.17, 15) is 10.1 Å². The number of hydrazine groups is 1. The first-order valence-corrected chi connectivity index (χ1v) is 8.17. The van der Waals surface area contributed by atoms with Crippen molar-refractivity contribution in [2.75, 3.05) is 5.43 Å². The number of carbonyl (C=O) groups excluding carboxylic acids is 1. The van der Waals surface area contributed by atoms with Gasteiger partial charge in [0.1, 0.15) is 11.6 Å². The molecule has 130 valence electrons. The third kappa shape index (κ3) is 4.67. The van der Waals surface area contributed by atoms with Crippen LogP contribution in [0.15, 0.2) is 30.2 Å². The van der Waals surface area contributed by atoms with Crippen LogP contribution < -0.4 is 10.9 Å². The third-order valence-corrected chi connectivity index (χ3v) is 3.88. The predicted octanol–water partition coefficient (Wildman–Crippen LogP) is 2.75. The largest absolute Gasteiger partial charge is 0.349 e. The van der Waals surface area contributed by atoms with E-state index in [0.29, 0.717) is 5.82 Å². The van der Waals surface area contributed by atoms with Crippen molar-refractivity contribution < 1.29 is 4.79 Å². The molecule has 2 aromatic heterocycles. The molecule has 0 bridgehead atoms. The number of aryl methyl sites for hydroxylation is 1. The summed E-state index contributed by atoms with van der Waals surface area (Å²) in [4.78, 5) is 20.1. The molecule has 2 N–H and O–H groups in total. The first-order chi connectivity index (χ1) is 12.1. The summed E-state index contributed by atoms with van der Waals surface area (Å²) in [6, 6.07) is 3.94. The Hall–Kier alpha value is -3.14. The van der Waals surface area contributed by atoms with E-state index in [4.69, 9.17) is 0 Å². The summed E-state index contributed by atoms with van der Waals surface area (Å²) >= 11 is 0. The van der Waals surface area contributed by atoms with E-state index < -0.39 is 5.91 Å². The van der Waals surface area contributed by atoms with Crippen molar-refractivity contribution in [2.45, 2.75) is 40.2 Å². The number of nitriles is 1. The summed E-state index contributed by atoms with van der Waals surface area (Å²) in [7, 11) is 0. The molecule has 0 aliphatic rings. The Kier molecular flexibility index (Phi) is 6.29.